The monoisotopic (exact) mass is 341 g/mol. The molecule has 0 bridgehead atoms. The Morgan fingerprint density at radius 2 is 2.11 bits per heavy atom. The minimum atomic E-state index is -4.36. The van der Waals surface area contributed by atoms with Crippen LogP contribution in [0.15, 0.2) is 22.7 Å². The van der Waals surface area contributed by atoms with Crippen LogP contribution in [0.5, 0.6) is 0 Å². The molecule has 2 N–H and O–H groups in total. The predicted molar refractivity (Wildman–Crippen MR) is 66.5 cm³/mol. The maximum absolute atomic E-state index is 11.8. The average Bonchev–Trinajstić information content (AvgIpc) is 2.26. The van der Waals surface area contributed by atoms with E-state index in [0.717, 1.165) is 0 Å². The lowest BCUT2D eigenvalue weighted by atomic mass is 10.2. The highest BCUT2D eigenvalue weighted by Crippen LogP contribution is 2.24. The second-order valence-corrected chi connectivity index (χ2v) is 4.42. The van der Waals surface area contributed by atoms with E-state index in [-0.39, 0.29) is 18.7 Å². The molecule has 1 rings (SSSR count). The van der Waals surface area contributed by atoms with E-state index in [1.54, 1.807) is 12.1 Å². The second-order valence-electron chi connectivity index (χ2n) is 3.56. The number of alkyl halides is 3. The number of hydrogen-bond acceptors (Lipinski definition) is 3. The van der Waals surface area contributed by atoms with Crippen LogP contribution in [0.1, 0.15) is 10.4 Å². The second kappa shape index (κ2) is 6.76. The van der Waals surface area contributed by atoms with Crippen molar-refractivity contribution in [3.8, 4) is 0 Å². The van der Waals surface area contributed by atoms with Gasteiger partial charge >= 0.3 is 12.1 Å². The number of aromatic carboxylic acids is 1. The summed E-state index contributed by atoms with van der Waals surface area (Å²) in [6, 6.07) is 4.71. The molecule has 0 amide bonds. The fourth-order valence-corrected chi connectivity index (χ4v) is 1.87. The van der Waals surface area contributed by atoms with Crippen molar-refractivity contribution in [3.05, 3.63) is 28.2 Å². The summed E-state index contributed by atoms with van der Waals surface area (Å²) in [5, 5.41) is 11.7. The van der Waals surface area contributed by atoms with Gasteiger partial charge in [0.2, 0.25) is 0 Å². The lowest BCUT2D eigenvalue weighted by Crippen LogP contribution is -2.20. The number of carboxylic acid groups (broad SMARTS) is 1. The van der Waals surface area contributed by atoms with Crippen molar-refractivity contribution in [3.63, 3.8) is 0 Å². The number of benzene rings is 1. The molecule has 0 atom stereocenters. The minimum absolute atomic E-state index is 0.0262. The summed E-state index contributed by atoms with van der Waals surface area (Å²) >= 11 is 3.10. The van der Waals surface area contributed by atoms with Gasteiger partial charge in [-0.15, -0.1) is 0 Å². The van der Waals surface area contributed by atoms with E-state index in [1.165, 1.54) is 6.07 Å². The highest BCUT2D eigenvalue weighted by molar-refractivity contribution is 9.10. The summed E-state index contributed by atoms with van der Waals surface area (Å²) in [5.41, 5.74) is 0.343. The molecular formula is C11H11BrF3NO3. The lowest BCUT2D eigenvalue weighted by molar-refractivity contribution is -0.172. The lowest BCUT2D eigenvalue weighted by Gasteiger charge is -2.11. The molecule has 0 unspecified atom stereocenters. The molecule has 0 saturated heterocycles. The van der Waals surface area contributed by atoms with Gasteiger partial charge in [0.05, 0.1) is 12.2 Å². The van der Waals surface area contributed by atoms with Crippen molar-refractivity contribution in [1.29, 1.82) is 0 Å². The third-order valence-corrected chi connectivity index (χ3v) is 2.72. The fourth-order valence-electron chi connectivity index (χ4n) is 1.33. The van der Waals surface area contributed by atoms with Crippen LogP contribution in [0.2, 0.25) is 0 Å². The third kappa shape index (κ3) is 5.48. The van der Waals surface area contributed by atoms with Gasteiger partial charge < -0.3 is 15.2 Å². The van der Waals surface area contributed by atoms with E-state index in [4.69, 9.17) is 5.11 Å². The first-order chi connectivity index (χ1) is 8.81. The van der Waals surface area contributed by atoms with Crippen LogP contribution in [0.25, 0.3) is 0 Å². The van der Waals surface area contributed by atoms with Crippen LogP contribution in [0, 0.1) is 0 Å². The zero-order valence-electron chi connectivity index (χ0n) is 9.63. The summed E-state index contributed by atoms with van der Waals surface area (Å²) in [6.07, 6.45) is -4.36. The summed E-state index contributed by atoms with van der Waals surface area (Å²) in [7, 11) is 0. The van der Waals surface area contributed by atoms with Crippen LogP contribution < -0.4 is 5.32 Å². The molecule has 0 heterocycles. The van der Waals surface area contributed by atoms with Crippen molar-refractivity contribution in [2.24, 2.45) is 0 Å². The standard InChI is InChI=1S/C11H11BrF3NO3/c12-7-2-1-3-8(9(7)10(17)18)16-4-5-19-6-11(13,14)15/h1-3,16H,4-6H2,(H,17,18). The van der Waals surface area contributed by atoms with Gasteiger partial charge in [-0.25, -0.2) is 4.79 Å². The van der Waals surface area contributed by atoms with Crippen molar-refractivity contribution in [1.82, 2.24) is 0 Å². The summed E-state index contributed by atoms with van der Waals surface area (Å²) in [5.74, 6) is -1.13. The van der Waals surface area contributed by atoms with Crippen LogP contribution >= 0.6 is 15.9 Å². The number of ether oxygens (including phenoxy) is 1. The number of anilines is 1. The van der Waals surface area contributed by atoms with Crippen molar-refractivity contribution >= 4 is 27.6 Å². The Morgan fingerprint density at radius 3 is 2.68 bits per heavy atom. The molecule has 0 saturated carbocycles. The van der Waals surface area contributed by atoms with Gasteiger partial charge in [-0.2, -0.15) is 13.2 Å². The molecule has 106 valence electrons. The molecule has 0 aliphatic carbocycles. The van der Waals surface area contributed by atoms with Crippen LogP contribution in [-0.2, 0) is 4.74 Å². The van der Waals surface area contributed by atoms with Gasteiger partial charge in [-0.05, 0) is 28.1 Å². The molecule has 8 heteroatoms. The van der Waals surface area contributed by atoms with E-state index >= 15 is 0 Å². The van der Waals surface area contributed by atoms with E-state index in [1.807, 2.05) is 0 Å². The molecule has 4 nitrogen and oxygen atoms in total. The minimum Gasteiger partial charge on any atom is -0.478 e. The summed E-state index contributed by atoms with van der Waals surface area (Å²) < 4.78 is 40.2. The van der Waals surface area contributed by atoms with E-state index in [2.05, 4.69) is 26.0 Å². The van der Waals surface area contributed by atoms with E-state index < -0.39 is 18.8 Å². The maximum atomic E-state index is 11.8. The van der Waals surface area contributed by atoms with Gasteiger partial charge in [-0.3, -0.25) is 0 Å². The zero-order chi connectivity index (χ0) is 14.5. The molecule has 1 aromatic rings. The molecule has 0 fully saturated rings. The highest BCUT2D eigenvalue weighted by atomic mass is 79.9. The normalized spacial score (nSPS) is 11.4. The highest BCUT2D eigenvalue weighted by Gasteiger charge is 2.27. The van der Waals surface area contributed by atoms with Crippen LogP contribution in [-0.4, -0.2) is 37.0 Å². The fraction of sp³-hybridized carbons (Fsp3) is 0.364. The van der Waals surface area contributed by atoms with Crippen molar-refractivity contribution < 1.29 is 27.8 Å². The molecule has 19 heavy (non-hydrogen) atoms. The van der Waals surface area contributed by atoms with Gasteiger partial charge in [0.15, 0.2) is 0 Å². The van der Waals surface area contributed by atoms with Gasteiger partial charge in [-0.1, -0.05) is 6.07 Å². The number of rotatable bonds is 6. The first-order valence-corrected chi connectivity index (χ1v) is 6.01. The topological polar surface area (TPSA) is 58.6 Å². The molecule has 0 aliphatic rings. The Hall–Kier alpha value is -1.28. The smallest absolute Gasteiger partial charge is 0.411 e. The third-order valence-electron chi connectivity index (χ3n) is 2.06. The molecule has 1 aromatic carbocycles. The average molecular weight is 342 g/mol. The van der Waals surface area contributed by atoms with Crippen molar-refractivity contribution in [2.75, 3.05) is 25.1 Å². The molecular weight excluding hydrogens is 331 g/mol. The molecule has 0 aliphatic heterocycles. The van der Waals surface area contributed by atoms with Crippen LogP contribution in [0.3, 0.4) is 0 Å². The van der Waals surface area contributed by atoms with E-state index in [9.17, 15) is 18.0 Å². The Labute approximate surface area is 115 Å². The van der Waals surface area contributed by atoms with Gasteiger partial charge in [0.25, 0.3) is 0 Å². The number of halogens is 4. The Balaban J connectivity index is 2.50. The van der Waals surface area contributed by atoms with E-state index in [0.29, 0.717) is 10.2 Å². The Bertz CT molecular complexity index is 451. The summed E-state index contributed by atoms with van der Waals surface area (Å²) in [6.45, 7) is -1.42. The quantitative estimate of drug-likeness (QED) is 0.780. The number of carboxylic acids is 1. The number of carbonyl (C=O) groups is 1. The van der Waals surface area contributed by atoms with Crippen molar-refractivity contribution in [2.45, 2.75) is 6.18 Å². The molecule has 0 radical (unpaired) electrons. The molecule has 0 spiro atoms. The maximum Gasteiger partial charge on any atom is 0.411 e. The largest absolute Gasteiger partial charge is 0.478 e. The SMILES string of the molecule is O=C(O)c1c(Br)cccc1NCCOCC(F)(F)F. The first-order valence-electron chi connectivity index (χ1n) is 5.21. The number of nitrogens with one attached hydrogen (secondary N) is 1. The zero-order valence-corrected chi connectivity index (χ0v) is 11.2. The predicted octanol–water partition coefficient (Wildman–Crippen LogP) is 3.14. The first kappa shape index (κ1) is 15.8. The molecule has 0 aromatic heterocycles. The Morgan fingerprint density at radius 1 is 1.42 bits per heavy atom. The summed E-state index contributed by atoms with van der Waals surface area (Å²) in [4.78, 5) is 11.0. The van der Waals surface area contributed by atoms with Gasteiger partial charge in [0, 0.05) is 16.7 Å². The van der Waals surface area contributed by atoms with Gasteiger partial charge in [0.1, 0.15) is 6.61 Å². The number of hydrogen-bond donors (Lipinski definition) is 2. The Kier molecular flexibility index (Phi) is 5.61. The van der Waals surface area contributed by atoms with Crippen LogP contribution in [0.4, 0.5) is 18.9 Å².